The first kappa shape index (κ1) is 23.5. The Morgan fingerprint density at radius 2 is 1.94 bits per heavy atom. The van der Waals surface area contributed by atoms with E-state index in [2.05, 4.69) is 9.97 Å². The lowest BCUT2D eigenvalue weighted by Gasteiger charge is -2.26. The Kier molecular flexibility index (Phi) is 5.94. The molecule has 0 radical (unpaired) electrons. The lowest BCUT2D eigenvalue weighted by atomic mass is 10.0. The Bertz CT molecular complexity index is 1490. The van der Waals surface area contributed by atoms with Crippen LogP contribution in [0.5, 0.6) is 5.75 Å². The number of nitrogens with one attached hydrogen (secondary N) is 1. The zero-order valence-corrected chi connectivity index (χ0v) is 19.6. The Balaban J connectivity index is 1.91. The van der Waals surface area contributed by atoms with Gasteiger partial charge in [0.25, 0.3) is 0 Å². The number of H-pyrrole nitrogens is 1. The number of carboxylic acids is 1. The number of pyridine rings is 1. The second kappa shape index (κ2) is 8.60. The van der Waals surface area contributed by atoms with Crippen molar-refractivity contribution in [3.8, 4) is 11.4 Å². The van der Waals surface area contributed by atoms with Crippen LogP contribution in [-0.4, -0.2) is 32.7 Å². The molecule has 2 aromatic carbocycles. The van der Waals surface area contributed by atoms with Crippen molar-refractivity contribution < 1.29 is 23.4 Å². The number of carbonyl (C=O) groups is 1. The average Bonchev–Trinajstić information content (AvgIpc) is 3.10. The first-order valence-corrected chi connectivity index (χ1v) is 11.0. The van der Waals surface area contributed by atoms with E-state index < -0.39 is 22.2 Å². The van der Waals surface area contributed by atoms with Crippen molar-refractivity contribution in [1.29, 1.82) is 0 Å². The Labute approximate surface area is 197 Å². The van der Waals surface area contributed by atoms with Crippen LogP contribution in [0.4, 0.5) is 8.78 Å². The van der Waals surface area contributed by atoms with Crippen molar-refractivity contribution in [3.63, 3.8) is 0 Å². The number of hydrogen-bond acceptors (Lipinski definition) is 5. The maximum absolute atomic E-state index is 15.2. The molecule has 0 aliphatic rings. The van der Waals surface area contributed by atoms with Gasteiger partial charge in [-0.25, -0.2) is 27.9 Å². The molecule has 0 saturated heterocycles. The van der Waals surface area contributed by atoms with Gasteiger partial charge in [-0.2, -0.15) is 0 Å². The predicted octanol–water partition coefficient (Wildman–Crippen LogP) is 5.03. The number of aromatic amines is 1. The quantitative estimate of drug-likeness (QED) is 0.372. The number of aryl methyl sites for hydroxylation is 1. The van der Waals surface area contributed by atoms with Crippen LogP contribution in [0, 0.1) is 18.6 Å². The molecule has 34 heavy (non-hydrogen) atoms. The molecule has 0 unspecified atom stereocenters. The monoisotopic (exact) mass is 485 g/mol. The summed E-state index contributed by atoms with van der Waals surface area (Å²) in [5.41, 5.74) is 0.425. The number of rotatable bonds is 6. The number of aromatic nitrogens is 3. The maximum Gasteiger partial charge on any atom is 0.354 e. The number of halogens is 2. The Morgan fingerprint density at radius 1 is 1.21 bits per heavy atom. The van der Waals surface area contributed by atoms with Gasteiger partial charge in [-0.05, 0) is 56.2 Å². The highest BCUT2D eigenvalue weighted by Gasteiger charge is 2.27. The highest BCUT2D eigenvalue weighted by molar-refractivity contribution is 8.00. The lowest BCUT2D eigenvalue weighted by molar-refractivity contribution is 0.0690. The minimum Gasteiger partial charge on any atom is -0.495 e. The van der Waals surface area contributed by atoms with Crippen LogP contribution in [-0.2, 0) is 4.75 Å². The molecule has 0 saturated carbocycles. The lowest BCUT2D eigenvalue weighted by Crippen LogP contribution is -2.17. The summed E-state index contributed by atoms with van der Waals surface area (Å²) in [5, 5.41) is 9.38. The zero-order chi connectivity index (χ0) is 24.8. The van der Waals surface area contributed by atoms with Crippen LogP contribution in [0.2, 0.25) is 0 Å². The van der Waals surface area contributed by atoms with Gasteiger partial charge in [-0.1, -0.05) is 12.1 Å². The van der Waals surface area contributed by atoms with Crippen LogP contribution < -0.4 is 10.4 Å². The third-order valence-corrected chi connectivity index (χ3v) is 6.71. The van der Waals surface area contributed by atoms with Crippen molar-refractivity contribution >= 4 is 28.9 Å². The average molecular weight is 486 g/mol. The molecule has 2 heterocycles. The minimum absolute atomic E-state index is 0.00759. The first-order valence-electron chi connectivity index (χ1n) is 10.2. The molecule has 0 bridgehead atoms. The molecule has 0 aliphatic carbocycles. The maximum atomic E-state index is 15.2. The molecule has 2 N–H and O–H groups in total. The fourth-order valence-electron chi connectivity index (χ4n) is 3.70. The molecule has 10 heteroatoms. The Hall–Kier alpha value is -3.66. The van der Waals surface area contributed by atoms with Gasteiger partial charge in [-0.3, -0.25) is 0 Å². The molecule has 7 nitrogen and oxygen atoms in total. The zero-order valence-electron chi connectivity index (χ0n) is 18.8. The number of hydrogen-bond donors (Lipinski definition) is 2. The van der Waals surface area contributed by atoms with Gasteiger partial charge in [0.15, 0.2) is 17.2 Å². The standard InChI is InChI=1S/C24H21F2N3O4S/c1-12-8-16(22(30)31)27-21-20(12)28-23(32)29(21)17-11-19(18(33-4)10-15(17)26)34-24(2,3)13-6-5-7-14(25)9-13/h5-11H,1-4H3,(H,28,32)(H,30,31). The third kappa shape index (κ3) is 4.16. The van der Waals surface area contributed by atoms with Crippen molar-refractivity contribution in [3.05, 3.63) is 81.4 Å². The topological polar surface area (TPSA) is 97.2 Å². The highest BCUT2D eigenvalue weighted by atomic mass is 32.2. The largest absolute Gasteiger partial charge is 0.495 e. The second-order valence-electron chi connectivity index (χ2n) is 8.17. The van der Waals surface area contributed by atoms with Crippen LogP contribution in [0.15, 0.2) is 52.2 Å². The van der Waals surface area contributed by atoms with E-state index in [-0.39, 0.29) is 28.6 Å². The molecule has 4 rings (SSSR count). The first-order chi connectivity index (χ1) is 16.0. The van der Waals surface area contributed by atoms with Crippen LogP contribution in [0.1, 0.15) is 35.5 Å². The summed E-state index contributed by atoms with van der Waals surface area (Å²) >= 11 is 1.30. The summed E-state index contributed by atoms with van der Waals surface area (Å²) in [6.45, 7) is 5.40. The minimum atomic E-state index is -1.27. The molecule has 0 atom stereocenters. The van der Waals surface area contributed by atoms with E-state index in [0.29, 0.717) is 21.5 Å². The van der Waals surface area contributed by atoms with E-state index in [1.54, 1.807) is 19.1 Å². The Morgan fingerprint density at radius 3 is 2.59 bits per heavy atom. The van der Waals surface area contributed by atoms with Gasteiger partial charge < -0.3 is 14.8 Å². The molecule has 2 aromatic heterocycles. The number of carboxylic acid groups (broad SMARTS) is 1. The molecule has 0 aliphatic heterocycles. The summed E-state index contributed by atoms with van der Waals surface area (Å²) in [5.74, 6) is -2.17. The van der Waals surface area contributed by atoms with Gasteiger partial charge in [-0.15, -0.1) is 11.8 Å². The summed E-state index contributed by atoms with van der Waals surface area (Å²) in [7, 11) is 1.40. The molecular formula is C24H21F2N3O4S. The summed E-state index contributed by atoms with van der Waals surface area (Å²) in [4.78, 5) is 31.5. The van der Waals surface area contributed by atoms with Crippen molar-refractivity contribution in [1.82, 2.24) is 14.5 Å². The second-order valence-corrected chi connectivity index (χ2v) is 9.84. The molecule has 4 aromatic rings. The van der Waals surface area contributed by atoms with Gasteiger partial charge in [0.1, 0.15) is 11.6 Å². The number of thioether (sulfide) groups is 1. The number of benzene rings is 2. The smallest absolute Gasteiger partial charge is 0.354 e. The van der Waals surface area contributed by atoms with Gasteiger partial charge in [0.05, 0.1) is 23.2 Å². The van der Waals surface area contributed by atoms with Crippen molar-refractivity contribution in [2.75, 3.05) is 7.11 Å². The predicted molar refractivity (Wildman–Crippen MR) is 125 cm³/mol. The fraction of sp³-hybridized carbons (Fsp3) is 0.208. The fourth-order valence-corrected chi connectivity index (χ4v) is 4.90. The van der Waals surface area contributed by atoms with E-state index >= 15 is 4.39 Å². The number of fused-ring (bicyclic) bond motifs is 1. The summed E-state index contributed by atoms with van der Waals surface area (Å²) in [6.07, 6.45) is 0. The third-order valence-electron chi connectivity index (χ3n) is 5.42. The number of nitrogens with zero attached hydrogens (tertiary/aromatic N) is 2. The van der Waals surface area contributed by atoms with E-state index in [9.17, 15) is 19.1 Å². The van der Waals surface area contributed by atoms with Crippen molar-refractivity contribution in [2.24, 2.45) is 0 Å². The van der Waals surface area contributed by atoms with Crippen molar-refractivity contribution in [2.45, 2.75) is 30.4 Å². The van der Waals surface area contributed by atoms with Crippen LogP contribution in [0.3, 0.4) is 0 Å². The van der Waals surface area contributed by atoms with Gasteiger partial charge in [0.2, 0.25) is 0 Å². The molecule has 0 amide bonds. The number of aromatic carboxylic acids is 1. The number of ether oxygens (including phenoxy) is 1. The van der Waals surface area contributed by atoms with Gasteiger partial charge in [0, 0.05) is 10.8 Å². The molecule has 176 valence electrons. The number of methoxy groups -OCH3 is 1. The number of imidazole rings is 1. The van der Waals surface area contributed by atoms with Gasteiger partial charge >= 0.3 is 11.7 Å². The van der Waals surface area contributed by atoms with E-state index in [1.165, 1.54) is 43.1 Å². The normalized spacial score (nSPS) is 11.7. The molecular weight excluding hydrogens is 464 g/mol. The van der Waals surface area contributed by atoms with E-state index in [1.807, 2.05) is 13.8 Å². The molecule has 0 spiro atoms. The highest BCUT2D eigenvalue weighted by Crippen LogP contribution is 2.45. The van der Waals surface area contributed by atoms with E-state index in [4.69, 9.17) is 4.74 Å². The summed E-state index contributed by atoms with van der Waals surface area (Å²) < 4.78 is 34.8. The summed E-state index contributed by atoms with van der Waals surface area (Å²) in [6, 6.07) is 10.1. The van der Waals surface area contributed by atoms with Crippen LogP contribution >= 0.6 is 11.8 Å². The SMILES string of the molecule is COc1cc(F)c(-n2c(=O)[nH]c3c(C)cc(C(=O)O)nc32)cc1SC(C)(C)c1cccc(F)c1. The van der Waals surface area contributed by atoms with Crippen LogP contribution in [0.25, 0.3) is 16.9 Å². The van der Waals surface area contributed by atoms with E-state index in [0.717, 1.165) is 10.6 Å². The molecule has 0 fully saturated rings.